The number of sulfonamides is 1. The number of carbonyl (C=O) groups is 1. The van der Waals surface area contributed by atoms with Gasteiger partial charge in [0.05, 0.1) is 6.54 Å². The molecule has 0 spiro atoms. The van der Waals surface area contributed by atoms with E-state index in [2.05, 4.69) is 15.7 Å². The number of nitrogens with two attached hydrogens (primary N) is 1. The lowest BCUT2D eigenvalue weighted by Gasteiger charge is -2.18. The van der Waals surface area contributed by atoms with Crippen molar-refractivity contribution in [3.05, 3.63) is 11.6 Å². The van der Waals surface area contributed by atoms with E-state index in [1.54, 1.807) is 11.6 Å². The minimum absolute atomic E-state index is 0.0454. The molecule has 0 aromatic carbocycles. The van der Waals surface area contributed by atoms with Crippen LogP contribution in [0.4, 0.5) is 5.82 Å². The molecule has 1 fully saturated rings. The molecule has 2 aromatic heterocycles. The Morgan fingerprint density at radius 1 is 1.48 bits per heavy atom. The number of hydrogen-bond acceptors (Lipinski definition) is 7. The molecule has 21 heavy (non-hydrogen) atoms. The van der Waals surface area contributed by atoms with Crippen molar-refractivity contribution in [2.24, 2.45) is 5.84 Å². The average molecular weight is 330 g/mol. The van der Waals surface area contributed by atoms with Gasteiger partial charge in [-0.2, -0.15) is 9.29 Å². The van der Waals surface area contributed by atoms with Crippen molar-refractivity contribution in [3.63, 3.8) is 0 Å². The highest BCUT2D eigenvalue weighted by molar-refractivity contribution is 7.89. The third-order valence-electron chi connectivity index (χ3n) is 3.17. The highest BCUT2D eigenvalue weighted by atomic mass is 32.2. The Labute approximate surface area is 124 Å². The molecule has 9 nitrogen and oxygen atoms in total. The molecule has 2 aromatic rings. The van der Waals surface area contributed by atoms with Crippen molar-refractivity contribution in [3.8, 4) is 0 Å². The second-order valence-corrected chi connectivity index (χ2v) is 7.23. The summed E-state index contributed by atoms with van der Waals surface area (Å²) >= 11 is 1.30. The van der Waals surface area contributed by atoms with E-state index < -0.39 is 10.0 Å². The molecule has 3 heterocycles. The van der Waals surface area contributed by atoms with Crippen LogP contribution in [0.3, 0.4) is 0 Å². The molecular weight excluding hydrogens is 316 g/mol. The van der Waals surface area contributed by atoms with Crippen LogP contribution in [0.2, 0.25) is 0 Å². The number of aromatic nitrogens is 2. The monoisotopic (exact) mass is 330 g/mol. The van der Waals surface area contributed by atoms with Gasteiger partial charge >= 0.3 is 0 Å². The van der Waals surface area contributed by atoms with Crippen molar-refractivity contribution < 1.29 is 13.2 Å². The van der Waals surface area contributed by atoms with Gasteiger partial charge in [-0.15, -0.1) is 11.3 Å². The van der Waals surface area contributed by atoms with E-state index in [4.69, 9.17) is 5.84 Å². The summed E-state index contributed by atoms with van der Waals surface area (Å²) in [5.74, 6) is 5.13. The minimum atomic E-state index is -3.88. The number of amides is 1. The molecule has 0 atom stereocenters. The first-order valence-corrected chi connectivity index (χ1v) is 8.55. The summed E-state index contributed by atoms with van der Waals surface area (Å²) in [5.41, 5.74) is 2.31. The zero-order chi connectivity index (χ0) is 15.0. The first kappa shape index (κ1) is 14.3. The summed E-state index contributed by atoms with van der Waals surface area (Å²) in [6.45, 7) is 0.527. The number of carbonyl (C=O) groups excluding carboxylic acids is 1. The van der Waals surface area contributed by atoms with E-state index >= 15 is 0 Å². The molecule has 1 saturated heterocycles. The van der Waals surface area contributed by atoms with Crippen molar-refractivity contribution in [2.75, 3.05) is 25.1 Å². The van der Waals surface area contributed by atoms with Gasteiger partial charge in [0.2, 0.25) is 10.9 Å². The van der Waals surface area contributed by atoms with Gasteiger partial charge in [0, 0.05) is 24.7 Å². The predicted octanol–water partition coefficient (Wildman–Crippen LogP) is -0.808. The van der Waals surface area contributed by atoms with Crippen molar-refractivity contribution in [1.82, 2.24) is 19.0 Å². The standard InChI is InChI=1S/C10H14N6O3S2/c11-14-8-9(16-4-5-20-10(16)13-8)21(18,19)15-3-1-2-12-7(17)6-15/h4-5,14H,1-3,6,11H2,(H,12,17). The van der Waals surface area contributed by atoms with Gasteiger partial charge in [-0.3, -0.25) is 9.20 Å². The van der Waals surface area contributed by atoms with Crippen molar-refractivity contribution in [2.45, 2.75) is 11.4 Å². The second-order valence-electron chi connectivity index (χ2n) is 4.51. The number of nitrogens with zero attached hydrogens (tertiary/aromatic N) is 3. The number of hydrazine groups is 1. The summed E-state index contributed by atoms with van der Waals surface area (Å²) < 4.78 is 28.3. The maximum absolute atomic E-state index is 12.8. The summed E-state index contributed by atoms with van der Waals surface area (Å²) in [4.78, 5) is 16.2. The number of nitrogens with one attached hydrogen (secondary N) is 2. The fourth-order valence-corrected chi connectivity index (χ4v) is 4.63. The maximum atomic E-state index is 12.8. The molecule has 11 heteroatoms. The molecular formula is C10H14N6O3S2. The molecule has 0 radical (unpaired) electrons. The van der Waals surface area contributed by atoms with Gasteiger partial charge in [0.15, 0.2) is 10.8 Å². The zero-order valence-electron chi connectivity index (χ0n) is 10.9. The van der Waals surface area contributed by atoms with Crippen LogP contribution in [0.1, 0.15) is 6.42 Å². The van der Waals surface area contributed by atoms with Crippen LogP contribution < -0.4 is 16.6 Å². The van der Waals surface area contributed by atoms with Crippen LogP contribution in [0.5, 0.6) is 0 Å². The summed E-state index contributed by atoms with van der Waals surface area (Å²) in [5, 5.41) is 4.33. The van der Waals surface area contributed by atoms with E-state index in [-0.39, 0.29) is 29.8 Å². The third kappa shape index (κ3) is 2.37. The predicted molar refractivity (Wildman–Crippen MR) is 77.3 cm³/mol. The third-order valence-corrected chi connectivity index (χ3v) is 5.79. The van der Waals surface area contributed by atoms with Gasteiger partial charge in [0.25, 0.3) is 10.0 Å². The number of imidazole rings is 1. The van der Waals surface area contributed by atoms with E-state index in [9.17, 15) is 13.2 Å². The number of fused-ring (bicyclic) bond motifs is 1. The smallest absolute Gasteiger partial charge is 0.263 e. The van der Waals surface area contributed by atoms with Gasteiger partial charge in [-0.25, -0.2) is 14.3 Å². The van der Waals surface area contributed by atoms with Gasteiger partial charge in [-0.05, 0) is 6.42 Å². The van der Waals surface area contributed by atoms with Crippen LogP contribution in [-0.2, 0) is 14.8 Å². The van der Waals surface area contributed by atoms with Gasteiger partial charge in [-0.1, -0.05) is 0 Å². The van der Waals surface area contributed by atoms with Crippen LogP contribution in [-0.4, -0.2) is 47.6 Å². The Morgan fingerprint density at radius 3 is 3.05 bits per heavy atom. The molecule has 0 bridgehead atoms. The molecule has 0 unspecified atom stereocenters. The quantitative estimate of drug-likeness (QED) is 0.500. The molecule has 0 aliphatic carbocycles. The number of hydrogen-bond donors (Lipinski definition) is 3. The average Bonchev–Trinajstić information content (AvgIpc) is 2.94. The molecule has 4 N–H and O–H groups in total. The van der Waals surface area contributed by atoms with Crippen LogP contribution >= 0.6 is 11.3 Å². The fraction of sp³-hybridized carbons (Fsp3) is 0.400. The molecule has 3 rings (SSSR count). The van der Waals surface area contributed by atoms with E-state index in [1.807, 2.05) is 0 Å². The van der Waals surface area contributed by atoms with Gasteiger partial charge < -0.3 is 10.7 Å². The Balaban J connectivity index is 2.10. The van der Waals surface area contributed by atoms with Crippen molar-refractivity contribution >= 4 is 38.0 Å². The van der Waals surface area contributed by atoms with Crippen LogP contribution in [0, 0.1) is 0 Å². The molecule has 114 valence electrons. The van der Waals surface area contributed by atoms with Crippen LogP contribution in [0.15, 0.2) is 16.6 Å². The Kier molecular flexibility index (Phi) is 3.57. The lowest BCUT2D eigenvalue weighted by Crippen LogP contribution is -2.38. The molecule has 1 aliphatic heterocycles. The number of thiazole rings is 1. The first-order valence-electron chi connectivity index (χ1n) is 6.23. The van der Waals surface area contributed by atoms with Crippen molar-refractivity contribution in [1.29, 1.82) is 0 Å². The van der Waals surface area contributed by atoms with E-state index in [1.165, 1.54) is 15.7 Å². The second kappa shape index (κ2) is 5.26. The normalized spacial score (nSPS) is 17.7. The zero-order valence-corrected chi connectivity index (χ0v) is 12.6. The lowest BCUT2D eigenvalue weighted by atomic mass is 10.4. The molecule has 1 amide bonds. The Bertz CT molecular complexity index is 780. The highest BCUT2D eigenvalue weighted by Crippen LogP contribution is 2.27. The Hall–Kier alpha value is -1.69. The molecule has 0 saturated carbocycles. The van der Waals surface area contributed by atoms with E-state index in [0.717, 1.165) is 4.31 Å². The summed E-state index contributed by atoms with van der Waals surface area (Å²) in [7, 11) is -3.88. The largest absolute Gasteiger partial charge is 0.355 e. The number of rotatable bonds is 3. The lowest BCUT2D eigenvalue weighted by molar-refractivity contribution is -0.120. The maximum Gasteiger partial charge on any atom is 0.263 e. The first-order chi connectivity index (χ1) is 10.0. The van der Waals surface area contributed by atoms with Gasteiger partial charge in [0.1, 0.15) is 0 Å². The summed E-state index contributed by atoms with van der Waals surface area (Å²) in [6.07, 6.45) is 2.17. The number of nitrogen functional groups attached to an aromatic ring is 1. The Morgan fingerprint density at radius 2 is 2.29 bits per heavy atom. The topological polar surface area (TPSA) is 122 Å². The van der Waals surface area contributed by atoms with Crippen LogP contribution in [0.25, 0.3) is 4.96 Å². The number of anilines is 1. The van der Waals surface area contributed by atoms with E-state index in [0.29, 0.717) is 17.9 Å². The highest BCUT2D eigenvalue weighted by Gasteiger charge is 2.33. The minimum Gasteiger partial charge on any atom is -0.355 e. The molecule has 1 aliphatic rings. The summed E-state index contributed by atoms with van der Waals surface area (Å²) in [6, 6.07) is 0. The fourth-order valence-electron chi connectivity index (χ4n) is 2.21. The SMILES string of the molecule is NNc1nc2sccn2c1S(=O)(=O)N1CCCNC(=O)C1.